The lowest BCUT2D eigenvalue weighted by atomic mass is 10.0. The molecule has 38 heavy (non-hydrogen) atoms. The maximum Gasteiger partial charge on any atom is 0.324 e. The molecule has 0 radical (unpaired) electrons. The Kier molecular flexibility index (Phi) is 8.71. The summed E-state index contributed by atoms with van der Waals surface area (Å²) in [5.41, 5.74) is 6.34. The highest BCUT2D eigenvalue weighted by molar-refractivity contribution is 5.93. The summed E-state index contributed by atoms with van der Waals surface area (Å²) in [7, 11) is 1.75. The van der Waals surface area contributed by atoms with E-state index in [9.17, 15) is 22.4 Å². The van der Waals surface area contributed by atoms with Gasteiger partial charge >= 0.3 is 12.4 Å². The summed E-state index contributed by atoms with van der Waals surface area (Å²) in [4.78, 5) is 30.7. The number of aromatic nitrogens is 4. The molecule has 2 aliphatic rings. The molecule has 2 aromatic heterocycles. The Morgan fingerprint density at radius 2 is 1.61 bits per heavy atom. The molecule has 0 aliphatic carbocycles. The van der Waals surface area contributed by atoms with E-state index in [2.05, 4.69) is 20.1 Å². The number of nitrogens with two attached hydrogens (primary N) is 1. The van der Waals surface area contributed by atoms with E-state index in [1.54, 1.807) is 29.2 Å². The van der Waals surface area contributed by atoms with Crippen molar-refractivity contribution in [2.45, 2.75) is 37.8 Å². The maximum atomic E-state index is 12.8. The molecule has 0 saturated carbocycles. The molecule has 204 valence electrons. The number of hydrogen-bond acceptors (Lipinski definition) is 9. The molecule has 3 aromatic rings. The van der Waals surface area contributed by atoms with E-state index in [0.717, 1.165) is 37.2 Å². The summed E-state index contributed by atoms with van der Waals surface area (Å²) in [5.74, 6) is -1.01. The van der Waals surface area contributed by atoms with Crippen molar-refractivity contribution in [2.24, 2.45) is 5.73 Å². The standard InChI is InChI=1S/C18H24F2N8O2.C6H4F2/c1-26(13-3-6-27(7-4-13)18-24-15(14(19)20)25-30-18)16(29)11-8-22-17(23-9-11)28-5-2-12(21)10-28;7-5-1-2-6(8)4-3-5/h8-9,12-14H,2-7,10,21H2,1H3;1-4H. The zero-order chi connectivity index (χ0) is 27.2. The minimum Gasteiger partial charge on any atom is -0.339 e. The van der Waals surface area contributed by atoms with E-state index in [-0.39, 0.29) is 24.0 Å². The summed E-state index contributed by atoms with van der Waals surface area (Å²) in [6, 6.07) is 4.53. The molecule has 2 saturated heterocycles. The molecular formula is C24H28F4N8O2. The number of benzene rings is 1. The van der Waals surface area contributed by atoms with Crippen LogP contribution in [0.4, 0.5) is 29.5 Å². The fourth-order valence-electron chi connectivity index (χ4n) is 4.25. The number of rotatable bonds is 5. The molecule has 2 aliphatic heterocycles. The van der Waals surface area contributed by atoms with Crippen LogP contribution in [0.2, 0.25) is 0 Å². The van der Waals surface area contributed by atoms with Crippen molar-refractivity contribution in [3.05, 3.63) is 59.7 Å². The second kappa shape index (κ2) is 12.2. The van der Waals surface area contributed by atoms with Crippen LogP contribution in [0.5, 0.6) is 0 Å². The summed E-state index contributed by atoms with van der Waals surface area (Å²) >= 11 is 0. The largest absolute Gasteiger partial charge is 0.339 e. The highest BCUT2D eigenvalue weighted by Crippen LogP contribution is 2.24. The molecule has 14 heteroatoms. The van der Waals surface area contributed by atoms with Crippen molar-refractivity contribution in [3.63, 3.8) is 0 Å². The van der Waals surface area contributed by atoms with Crippen molar-refractivity contribution in [1.29, 1.82) is 0 Å². The summed E-state index contributed by atoms with van der Waals surface area (Å²) in [6.45, 7) is 2.58. The van der Waals surface area contributed by atoms with Gasteiger partial charge in [0, 0.05) is 57.7 Å². The first-order valence-electron chi connectivity index (χ1n) is 12.1. The van der Waals surface area contributed by atoms with Crippen LogP contribution < -0.4 is 15.5 Å². The number of anilines is 2. The Morgan fingerprint density at radius 1 is 1.03 bits per heavy atom. The number of carbonyl (C=O) groups is 1. The smallest absolute Gasteiger partial charge is 0.324 e. The van der Waals surface area contributed by atoms with Gasteiger partial charge in [-0.25, -0.2) is 27.5 Å². The van der Waals surface area contributed by atoms with Gasteiger partial charge in [-0.05, 0) is 43.5 Å². The number of carbonyl (C=O) groups excluding carboxylic acids is 1. The fourth-order valence-corrected chi connectivity index (χ4v) is 4.25. The minimum atomic E-state index is -2.76. The molecule has 1 amide bonds. The van der Waals surface area contributed by atoms with Crippen LogP contribution in [0.1, 0.15) is 41.9 Å². The van der Waals surface area contributed by atoms with E-state index in [1.165, 1.54) is 0 Å². The van der Waals surface area contributed by atoms with E-state index >= 15 is 0 Å². The van der Waals surface area contributed by atoms with Crippen molar-refractivity contribution in [3.8, 4) is 0 Å². The molecule has 1 unspecified atom stereocenters. The van der Waals surface area contributed by atoms with Gasteiger partial charge in [0.2, 0.25) is 11.8 Å². The predicted molar refractivity (Wildman–Crippen MR) is 130 cm³/mol. The van der Waals surface area contributed by atoms with Crippen LogP contribution in [0.25, 0.3) is 0 Å². The normalized spacial score (nSPS) is 17.9. The lowest BCUT2D eigenvalue weighted by Gasteiger charge is -2.35. The second-order valence-corrected chi connectivity index (χ2v) is 9.07. The Balaban J connectivity index is 0.000000360. The van der Waals surface area contributed by atoms with Crippen molar-refractivity contribution >= 4 is 17.9 Å². The maximum absolute atomic E-state index is 12.8. The average molecular weight is 537 g/mol. The number of halogens is 4. The summed E-state index contributed by atoms with van der Waals surface area (Å²) in [5, 5.41) is 3.29. The van der Waals surface area contributed by atoms with Crippen LogP contribution >= 0.6 is 0 Å². The topological polar surface area (TPSA) is 118 Å². The highest BCUT2D eigenvalue weighted by atomic mass is 19.3. The van der Waals surface area contributed by atoms with Gasteiger partial charge < -0.3 is 25.0 Å². The lowest BCUT2D eigenvalue weighted by molar-refractivity contribution is 0.0707. The molecule has 2 N–H and O–H groups in total. The van der Waals surface area contributed by atoms with Crippen LogP contribution in [-0.2, 0) is 0 Å². The molecular weight excluding hydrogens is 508 g/mol. The third-order valence-corrected chi connectivity index (χ3v) is 6.43. The van der Waals surface area contributed by atoms with Crippen molar-refractivity contribution in [1.82, 2.24) is 25.0 Å². The van der Waals surface area contributed by atoms with Gasteiger partial charge in [0.25, 0.3) is 5.91 Å². The first-order valence-corrected chi connectivity index (χ1v) is 12.1. The van der Waals surface area contributed by atoms with Crippen LogP contribution in [0.15, 0.2) is 41.2 Å². The molecule has 5 rings (SSSR count). The molecule has 10 nitrogen and oxygen atoms in total. The average Bonchev–Trinajstić information content (AvgIpc) is 3.60. The third-order valence-electron chi connectivity index (χ3n) is 6.43. The van der Waals surface area contributed by atoms with E-state index in [1.807, 2.05) is 4.90 Å². The zero-order valence-electron chi connectivity index (χ0n) is 20.7. The molecule has 0 spiro atoms. The quantitative estimate of drug-likeness (QED) is 0.491. The van der Waals surface area contributed by atoms with Gasteiger partial charge in [-0.3, -0.25) is 4.79 Å². The third kappa shape index (κ3) is 6.73. The lowest BCUT2D eigenvalue weighted by Crippen LogP contribution is -2.45. The van der Waals surface area contributed by atoms with Crippen molar-refractivity contribution < 1.29 is 26.9 Å². The fraction of sp³-hybridized carbons (Fsp3) is 0.458. The van der Waals surface area contributed by atoms with Gasteiger partial charge in [-0.15, -0.1) is 0 Å². The van der Waals surface area contributed by atoms with Crippen molar-refractivity contribution in [2.75, 3.05) is 43.0 Å². The number of piperidine rings is 1. The number of amides is 1. The highest BCUT2D eigenvalue weighted by Gasteiger charge is 2.29. The molecule has 2 fully saturated rings. The van der Waals surface area contributed by atoms with Gasteiger partial charge in [0.1, 0.15) is 11.6 Å². The molecule has 0 bridgehead atoms. The minimum absolute atomic E-state index is 0.00231. The van der Waals surface area contributed by atoms with Crippen LogP contribution in [-0.4, -0.2) is 76.2 Å². The second-order valence-electron chi connectivity index (χ2n) is 9.07. The van der Waals surface area contributed by atoms with E-state index in [0.29, 0.717) is 44.0 Å². The van der Waals surface area contributed by atoms with E-state index in [4.69, 9.17) is 10.3 Å². The summed E-state index contributed by atoms with van der Waals surface area (Å²) in [6.07, 6.45) is 2.53. The summed E-state index contributed by atoms with van der Waals surface area (Å²) < 4.78 is 54.0. The zero-order valence-corrected chi connectivity index (χ0v) is 20.7. The Hall–Kier alpha value is -3.81. The van der Waals surface area contributed by atoms with Gasteiger partial charge in [-0.2, -0.15) is 4.98 Å². The SMILES string of the molecule is CN(C(=O)c1cnc(N2CCC(N)C2)nc1)C1CCN(c2nc(C(F)F)no2)CC1.Fc1ccc(F)cc1. The van der Waals surface area contributed by atoms with Gasteiger partial charge in [0.15, 0.2) is 0 Å². The molecule has 4 heterocycles. The number of hydrogen-bond donors (Lipinski definition) is 1. The number of alkyl halides is 2. The first-order chi connectivity index (χ1) is 18.2. The Morgan fingerprint density at radius 3 is 2.11 bits per heavy atom. The molecule has 1 atom stereocenters. The predicted octanol–water partition coefficient (Wildman–Crippen LogP) is 3.04. The monoisotopic (exact) mass is 536 g/mol. The van der Waals surface area contributed by atoms with Crippen LogP contribution in [0, 0.1) is 11.6 Å². The van der Waals surface area contributed by atoms with Crippen LogP contribution in [0.3, 0.4) is 0 Å². The van der Waals surface area contributed by atoms with E-state index < -0.39 is 23.9 Å². The Bertz CT molecular complexity index is 1170. The molecule has 1 aromatic carbocycles. The first kappa shape index (κ1) is 27.2. The number of nitrogens with zero attached hydrogens (tertiary/aromatic N) is 7. The van der Waals surface area contributed by atoms with Gasteiger partial charge in [0.05, 0.1) is 5.56 Å². The van der Waals surface area contributed by atoms with Gasteiger partial charge in [-0.1, -0.05) is 5.16 Å². The Labute approximate surface area is 216 Å².